The molecule has 0 radical (unpaired) electrons. The Balaban J connectivity index is 1.65. The van der Waals surface area contributed by atoms with Gasteiger partial charge in [0.2, 0.25) is 8.38 Å². The van der Waals surface area contributed by atoms with Crippen LogP contribution in [0, 0.1) is 5.92 Å². The van der Waals surface area contributed by atoms with E-state index in [0.717, 1.165) is 16.4 Å². The fourth-order valence-electron chi connectivity index (χ4n) is 6.07. The van der Waals surface area contributed by atoms with Gasteiger partial charge in [0.15, 0.2) is 0 Å². The first-order chi connectivity index (χ1) is 22.4. The average Bonchev–Trinajstić information content (AvgIpc) is 3.43. The summed E-state index contributed by atoms with van der Waals surface area (Å²) in [6, 6.07) is 43.7. The van der Waals surface area contributed by atoms with Crippen LogP contribution in [0.1, 0.15) is 34.6 Å². The van der Waals surface area contributed by atoms with E-state index in [1.165, 1.54) is 49.1 Å². The first kappa shape index (κ1) is 31.2. The van der Waals surface area contributed by atoms with Gasteiger partial charge in [-0.15, -0.1) is 0 Å². The van der Waals surface area contributed by atoms with Crippen LogP contribution in [-0.4, -0.2) is 18.3 Å². The molecule has 5 heteroatoms. The number of hydrogen-bond donors (Lipinski definition) is 0. The molecular weight excluding hydrogens is 602 g/mol. The molecule has 4 unspecified atom stereocenters. The average molecular weight is 643 g/mol. The molecule has 6 aromatic carbocycles. The fraction of sp³-hybridized carbons (Fsp3) is 0.220. The van der Waals surface area contributed by atoms with Crippen molar-refractivity contribution in [2.75, 3.05) is 0 Å². The molecule has 1 saturated heterocycles. The van der Waals surface area contributed by atoms with E-state index < -0.39 is 8.38 Å². The lowest BCUT2D eigenvalue weighted by Crippen LogP contribution is -2.18. The van der Waals surface area contributed by atoms with E-state index in [0.29, 0.717) is 5.92 Å². The molecule has 0 bridgehead atoms. The Morgan fingerprint density at radius 1 is 0.609 bits per heavy atom. The van der Waals surface area contributed by atoms with Crippen molar-refractivity contribution in [3.63, 3.8) is 0 Å². The zero-order valence-corrected chi connectivity index (χ0v) is 28.9. The lowest BCUT2D eigenvalue weighted by Gasteiger charge is -2.26. The minimum Gasteiger partial charge on any atom is -0.354 e. The van der Waals surface area contributed by atoms with Gasteiger partial charge in [0, 0.05) is 30.5 Å². The molecule has 0 aromatic heterocycles. The first-order valence-electron chi connectivity index (χ1n) is 16.2. The third kappa shape index (κ3) is 5.93. The summed E-state index contributed by atoms with van der Waals surface area (Å²) in [5.41, 5.74) is 7.08. The summed E-state index contributed by atoms with van der Waals surface area (Å²) >= 11 is 0. The van der Waals surface area contributed by atoms with Gasteiger partial charge in [-0.2, -0.15) is 0 Å². The van der Waals surface area contributed by atoms with Crippen molar-refractivity contribution in [1.29, 1.82) is 0 Å². The highest BCUT2D eigenvalue weighted by molar-refractivity contribution is 7.57. The molecule has 4 atom stereocenters. The van der Waals surface area contributed by atoms with Gasteiger partial charge in [-0.1, -0.05) is 123 Å². The molecule has 1 aliphatic rings. The van der Waals surface area contributed by atoms with E-state index in [1.807, 2.05) is 0 Å². The van der Waals surface area contributed by atoms with Gasteiger partial charge in [-0.25, -0.2) is 0 Å². The predicted molar refractivity (Wildman–Crippen MR) is 199 cm³/mol. The minimum atomic E-state index is -1.38. The van der Waals surface area contributed by atoms with Crippen molar-refractivity contribution in [3.05, 3.63) is 121 Å². The second kappa shape index (κ2) is 13.4. The first-order valence-corrected chi connectivity index (χ1v) is 18.3. The molecule has 0 amide bonds. The number of hydrogen-bond acceptors (Lipinski definition) is 3. The highest BCUT2D eigenvalue weighted by Crippen LogP contribution is 2.54. The number of rotatable bonds is 8. The summed E-state index contributed by atoms with van der Waals surface area (Å²) in [6.45, 7) is 10.9. The van der Waals surface area contributed by atoms with Crippen LogP contribution in [0.3, 0.4) is 0 Å². The molecular formula is C41H40O3P2. The van der Waals surface area contributed by atoms with Crippen LogP contribution in [0.5, 0.6) is 0 Å². The van der Waals surface area contributed by atoms with Gasteiger partial charge in [-0.3, -0.25) is 0 Å². The maximum atomic E-state index is 6.76. The quantitative estimate of drug-likeness (QED) is 0.155. The maximum Gasteiger partial charge on any atom is 0.207 e. The lowest BCUT2D eigenvalue weighted by atomic mass is 9.88. The van der Waals surface area contributed by atoms with Gasteiger partial charge in [0.05, 0.1) is 18.3 Å². The van der Waals surface area contributed by atoms with E-state index in [9.17, 15) is 0 Å². The molecule has 7 rings (SSSR count). The molecule has 3 nitrogen and oxygen atoms in total. The molecule has 46 heavy (non-hydrogen) atoms. The molecule has 0 spiro atoms. The van der Waals surface area contributed by atoms with Crippen molar-refractivity contribution in [1.82, 2.24) is 0 Å². The Labute approximate surface area is 275 Å². The van der Waals surface area contributed by atoms with Crippen LogP contribution >= 0.6 is 17.2 Å². The van der Waals surface area contributed by atoms with Gasteiger partial charge in [0.1, 0.15) is 0 Å². The van der Waals surface area contributed by atoms with Gasteiger partial charge >= 0.3 is 0 Å². The van der Waals surface area contributed by atoms with Crippen molar-refractivity contribution in [2.24, 2.45) is 5.92 Å². The monoisotopic (exact) mass is 642 g/mol. The third-order valence-corrected chi connectivity index (χ3v) is 12.2. The van der Waals surface area contributed by atoms with Gasteiger partial charge in [0.25, 0.3) is 0 Å². The SMILES string of the molecule is CC(C)C(C)OPc1c(-c2ccccc2)cc2ccccc2c1-c1c(P2OC(C)C(C)O2)c(-c2ccccc2)cc2ccccc12. The lowest BCUT2D eigenvalue weighted by molar-refractivity contribution is 0.187. The molecule has 1 aliphatic heterocycles. The van der Waals surface area contributed by atoms with E-state index in [1.54, 1.807) is 0 Å². The summed E-state index contributed by atoms with van der Waals surface area (Å²) < 4.78 is 20.2. The van der Waals surface area contributed by atoms with E-state index >= 15 is 0 Å². The number of benzene rings is 6. The van der Waals surface area contributed by atoms with Crippen molar-refractivity contribution in [2.45, 2.75) is 52.9 Å². The maximum absolute atomic E-state index is 6.76. The van der Waals surface area contributed by atoms with Crippen molar-refractivity contribution < 1.29 is 13.6 Å². The Hall–Kier alpha value is -3.42. The fourth-order valence-corrected chi connectivity index (χ4v) is 9.34. The Kier molecular flexibility index (Phi) is 9.06. The summed E-state index contributed by atoms with van der Waals surface area (Å²) in [4.78, 5) is 0. The van der Waals surface area contributed by atoms with Crippen LogP contribution in [0.25, 0.3) is 54.9 Å². The minimum absolute atomic E-state index is 0.00183. The molecule has 1 fully saturated rings. The highest BCUT2D eigenvalue weighted by atomic mass is 31.2. The van der Waals surface area contributed by atoms with Gasteiger partial charge in [-0.05, 0) is 82.6 Å². The second-order valence-corrected chi connectivity index (χ2v) is 14.9. The Bertz CT molecular complexity index is 1980. The highest BCUT2D eigenvalue weighted by Gasteiger charge is 2.37. The van der Waals surface area contributed by atoms with Crippen LogP contribution in [0.15, 0.2) is 121 Å². The van der Waals surface area contributed by atoms with Crippen LogP contribution < -0.4 is 10.6 Å². The van der Waals surface area contributed by atoms with Crippen molar-refractivity contribution in [3.8, 4) is 33.4 Å². The van der Waals surface area contributed by atoms with E-state index in [4.69, 9.17) is 13.6 Å². The predicted octanol–water partition coefficient (Wildman–Crippen LogP) is 11.0. The van der Waals surface area contributed by atoms with E-state index in [2.05, 4.69) is 156 Å². The zero-order valence-electron chi connectivity index (χ0n) is 27.0. The summed E-state index contributed by atoms with van der Waals surface area (Å²) in [5.74, 6) is 0.404. The summed E-state index contributed by atoms with van der Waals surface area (Å²) in [6.07, 6.45) is 0.108. The topological polar surface area (TPSA) is 27.7 Å². The largest absolute Gasteiger partial charge is 0.354 e. The number of fused-ring (bicyclic) bond motifs is 2. The molecule has 1 heterocycles. The summed E-state index contributed by atoms with van der Waals surface area (Å²) in [7, 11) is -1.24. The zero-order chi connectivity index (χ0) is 31.8. The van der Waals surface area contributed by atoms with Gasteiger partial charge < -0.3 is 13.6 Å². The Morgan fingerprint density at radius 2 is 1.09 bits per heavy atom. The molecule has 0 N–H and O–H groups in total. The van der Waals surface area contributed by atoms with Crippen LogP contribution in [0.2, 0.25) is 0 Å². The molecule has 232 valence electrons. The second-order valence-electron chi connectivity index (χ2n) is 12.5. The third-order valence-electron chi connectivity index (χ3n) is 9.14. The van der Waals surface area contributed by atoms with E-state index in [-0.39, 0.29) is 27.1 Å². The molecule has 0 saturated carbocycles. The summed E-state index contributed by atoms with van der Waals surface area (Å²) in [5, 5.41) is 7.13. The Morgan fingerprint density at radius 3 is 1.65 bits per heavy atom. The normalized spacial score (nSPS) is 19.1. The molecule has 6 aromatic rings. The smallest absolute Gasteiger partial charge is 0.207 e. The van der Waals surface area contributed by atoms with Crippen molar-refractivity contribution >= 4 is 49.3 Å². The standard InChI is InChI=1S/C41H40O3P2/c1-26(2)27(3)42-45-40-36(30-16-8-6-9-17-30)24-32-20-12-14-22-34(32)38(40)39-35-23-15-13-21-33(35)25-37(31-18-10-7-11-19-31)41(39)46-43-28(4)29(5)44-46/h6-29,45H,1-5H3. The van der Waals surface area contributed by atoms with Crippen LogP contribution in [0.4, 0.5) is 0 Å². The molecule has 0 aliphatic carbocycles. The van der Waals surface area contributed by atoms with Crippen LogP contribution in [-0.2, 0) is 13.6 Å².